The highest BCUT2D eigenvalue weighted by Crippen LogP contribution is 2.36. The predicted octanol–water partition coefficient (Wildman–Crippen LogP) is 6.89. The molecule has 0 bridgehead atoms. The molecule has 2 aromatic carbocycles. The molecule has 1 aliphatic heterocycles. The maximum absolute atomic E-state index is 11.9. The highest BCUT2D eigenvalue weighted by atomic mass is 32.2. The molecule has 0 radical (unpaired) electrons. The van der Waals surface area contributed by atoms with Crippen LogP contribution in [0.3, 0.4) is 0 Å². The van der Waals surface area contributed by atoms with Crippen LogP contribution in [0.2, 0.25) is 0 Å². The van der Waals surface area contributed by atoms with E-state index >= 15 is 0 Å². The van der Waals surface area contributed by atoms with E-state index in [1.165, 1.54) is 22.9 Å². The first-order valence-corrected chi connectivity index (χ1v) is 13.6. The molecule has 0 unspecified atom stereocenters. The van der Waals surface area contributed by atoms with Crippen LogP contribution in [-0.2, 0) is 20.4 Å². The number of aliphatic hydroxyl groups is 1. The SMILES string of the molecule is CC(C)(C)c1ccc(-c2nc(SC[C@@H]3C[C@](C)(O)CC(=O)O3)[nH]c2-c2ccc(C(C)(C)C)cc2)cc1. The van der Waals surface area contributed by atoms with Gasteiger partial charge in [-0.1, -0.05) is 102 Å². The molecular weight excluding hydrogens is 468 g/mol. The minimum Gasteiger partial charge on any atom is -0.461 e. The normalized spacial score (nSPS) is 20.9. The van der Waals surface area contributed by atoms with Crippen LogP contribution >= 0.6 is 11.8 Å². The number of H-pyrrole nitrogens is 1. The second-order valence-corrected chi connectivity index (χ2v) is 13.2. The van der Waals surface area contributed by atoms with Crippen molar-refractivity contribution in [2.24, 2.45) is 0 Å². The van der Waals surface area contributed by atoms with E-state index < -0.39 is 5.60 Å². The summed E-state index contributed by atoms with van der Waals surface area (Å²) in [6, 6.07) is 17.3. The molecule has 1 aliphatic rings. The molecule has 36 heavy (non-hydrogen) atoms. The van der Waals surface area contributed by atoms with Gasteiger partial charge in [-0.25, -0.2) is 4.98 Å². The molecule has 0 saturated carbocycles. The van der Waals surface area contributed by atoms with Gasteiger partial charge in [-0.05, 0) is 28.9 Å². The lowest BCUT2D eigenvalue weighted by molar-refractivity contribution is -0.165. The molecule has 1 fully saturated rings. The molecule has 0 spiro atoms. The number of hydrogen-bond acceptors (Lipinski definition) is 5. The summed E-state index contributed by atoms with van der Waals surface area (Å²) >= 11 is 1.51. The van der Waals surface area contributed by atoms with Gasteiger partial charge in [-0.3, -0.25) is 4.79 Å². The van der Waals surface area contributed by atoms with Gasteiger partial charge in [0.1, 0.15) is 6.10 Å². The number of cyclic esters (lactones) is 1. The fourth-order valence-electron chi connectivity index (χ4n) is 4.51. The summed E-state index contributed by atoms with van der Waals surface area (Å²) in [5, 5.41) is 11.1. The van der Waals surface area contributed by atoms with Crippen molar-refractivity contribution in [3.8, 4) is 22.5 Å². The van der Waals surface area contributed by atoms with Gasteiger partial charge in [0.25, 0.3) is 0 Å². The zero-order valence-corrected chi connectivity index (χ0v) is 23.3. The van der Waals surface area contributed by atoms with Crippen LogP contribution in [-0.4, -0.2) is 38.5 Å². The molecule has 3 aromatic rings. The van der Waals surface area contributed by atoms with Crippen LogP contribution in [0, 0.1) is 0 Å². The number of rotatable bonds is 5. The summed E-state index contributed by atoms with van der Waals surface area (Å²) in [5.74, 6) is 0.177. The van der Waals surface area contributed by atoms with Gasteiger partial charge in [0.2, 0.25) is 0 Å². The van der Waals surface area contributed by atoms with Crippen molar-refractivity contribution in [3.05, 3.63) is 59.7 Å². The monoisotopic (exact) mass is 506 g/mol. The van der Waals surface area contributed by atoms with E-state index in [1.807, 2.05) is 0 Å². The third-order valence-electron chi connectivity index (χ3n) is 6.64. The molecule has 2 atom stereocenters. The number of imidazole rings is 1. The molecule has 5 nitrogen and oxygen atoms in total. The largest absolute Gasteiger partial charge is 0.461 e. The van der Waals surface area contributed by atoms with E-state index in [-0.39, 0.29) is 29.3 Å². The number of aromatic amines is 1. The van der Waals surface area contributed by atoms with E-state index in [0.29, 0.717) is 12.2 Å². The molecule has 0 aliphatic carbocycles. The highest BCUT2D eigenvalue weighted by Gasteiger charge is 2.36. The van der Waals surface area contributed by atoms with Gasteiger partial charge >= 0.3 is 5.97 Å². The Morgan fingerprint density at radius 2 is 1.50 bits per heavy atom. The number of esters is 1. The summed E-state index contributed by atoms with van der Waals surface area (Å²) in [6.07, 6.45) is 0.118. The molecule has 2 heterocycles. The lowest BCUT2D eigenvalue weighted by Crippen LogP contribution is -2.41. The van der Waals surface area contributed by atoms with Crippen LogP contribution in [0.25, 0.3) is 22.5 Å². The summed E-state index contributed by atoms with van der Waals surface area (Å²) in [5.41, 5.74) is 5.68. The van der Waals surface area contributed by atoms with Gasteiger partial charge in [0.15, 0.2) is 5.16 Å². The average molecular weight is 507 g/mol. The number of hydrogen-bond donors (Lipinski definition) is 2. The number of ether oxygens (including phenoxy) is 1. The van der Waals surface area contributed by atoms with Gasteiger partial charge in [0, 0.05) is 23.3 Å². The molecule has 4 rings (SSSR count). The van der Waals surface area contributed by atoms with Crippen molar-refractivity contribution < 1.29 is 14.6 Å². The van der Waals surface area contributed by atoms with Crippen molar-refractivity contribution in [2.75, 3.05) is 5.75 Å². The molecular formula is C30H38N2O3S. The molecule has 192 valence electrons. The van der Waals surface area contributed by atoms with Crippen molar-refractivity contribution >= 4 is 17.7 Å². The summed E-state index contributed by atoms with van der Waals surface area (Å²) in [7, 11) is 0. The summed E-state index contributed by atoms with van der Waals surface area (Å²) in [6.45, 7) is 15.0. The standard InChI is InChI=1S/C30H38N2O3S/c1-28(2,3)21-12-8-19(9-13-21)25-26(20-10-14-22(15-11-20)29(4,5)6)32-27(31-25)36-18-23-16-30(7,34)17-24(33)35-23/h8-15,23,34H,16-18H2,1-7H3,(H,31,32)/t23-,30-/m0/s1. The minimum absolute atomic E-state index is 0.0400. The van der Waals surface area contributed by atoms with E-state index in [1.54, 1.807) is 6.92 Å². The number of thioether (sulfide) groups is 1. The molecule has 1 aromatic heterocycles. The van der Waals surface area contributed by atoms with Crippen LogP contribution < -0.4 is 0 Å². The van der Waals surface area contributed by atoms with Crippen molar-refractivity contribution in [1.82, 2.24) is 9.97 Å². The number of nitrogens with one attached hydrogen (secondary N) is 1. The number of aromatic nitrogens is 2. The number of carbonyl (C=O) groups is 1. The second-order valence-electron chi connectivity index (χ2n) is 12.2. The minimum atomic E-state index is -1.02. The Morgan fingerprint density at radius 3 is 2.00 bits per heavy atom. The molecule has 2 N–H and O–H groups in total. The van der Waals surface area contributed by atoms with E-state index in [2.05, 4.69) is 95.1 Å². The van der Waals surface area contributed by atoms with Crippen LogP contribution in [0.15, 0.2) is 53.7 Å². The summed E-state index contributed by atoms with van der Waals surface area (Å²) < 4.78 is 5.48. The Kier molecular flexibility index (Phi) is 7.15. The number of nitrogens with zero attached hydrogens (tertiary/aromatic N) is 1. The maximum Gasteiger partial charge on any atom is 0.309 e. The van der Waals surface area contributed by atoms with Gasteiger partial charge in [-0.15, -0.1) is 0 Å². The van der Waals surface area contributed by atoms with Crippen molar-refractivity contribution in [1.29, 1.82) is 0 Å². The Hall–Kier alpha value is -2.57. The predicted molar refractivity (Wildman–Crippen MR) is 147 cm³/mol. The quantitative estimate of drug-likeness (QED) is 0.291. The zero-order valence-electron chi connectivity index (χ0n) is 22.4. The first kappa shape index (κ1) is 26.5. The first-order valence-electron chi connectivity index (χ1n) is 12.6. The Balaban J connectivity index is 1.65. The third kappa shape index (κ3) is 6.22. The lowest BCUT2D eigenvalue weighted by Gasteiger charge is -2.32. The maximum atomic E-state index is 11.9. The van der Waals surface area contributed by atoms with Crippen LogP contribution in [0.1, 0.15) is 72.4 Å². The van der Waals surface area contributed by atoms with Crippen LogP contribution in [0.5, 0.6) is 0 Å². The fraction of sp³-hybridized carbons (Fsp3) is 0.467. The van der Waals surface area contributed by atoms with Gasteiger partial charge in [-0.2, -0.15) is 0 Å². The average Bonchev–Trinajstić information content (AvgIpc) is 3.20. The third-order valence-corrected chi connectivity index (χ3v) is 7.65. The Morgan fingerprint density at radius 1 is 0.972 bits per heavy atom. The zero-order chi connectivity index (χ0) is 26.3. The van der Waals surface area contributed by atoms with E-state index in [0.717, 1.165) is 27.7 Å². The Bertz CT molecular complexity index is 1140. The summed E-state index contributed by atoms with van der Waals surface area (Å²) in [4.78, 5) is 20.4. The highest BCUT2D eigenvalue weighted by molar-refractivity contribution is 7.99. The van der Waals surface area contributed by atoms with Gasteiger partial charge in [0.05, 0.1) is 23.4 Å². The molecule has 6 heteroatoms. The van der Waals surface area contributed by atoms with Gasteiger partial charge < -0.3 is 14.8 Å². The smallest absolute Gasteiger partial charge is 0.309 e. The molecule has 0 amide bonds. The fourth-order valence-corrected chi connectivity index (χ4v) is 5.37. The first-order chi connectivity index (χ1) is 16.7. The van der Waals surface area contributed by atoms with Crippen molar-refractivity contribution in [2.45, 2.75) is 89.0 Å². The van der Waals surface area contributed by atoms with Crippen LogP contribution in [0.4, 0.5) is 0 Å². The van der Waals surface area contributed by atoms with Crippen molar-refractivity contribution in [3.63, 3.8) is 0 Å². The molecule has 1 saturated heterocycles. The lowest BCUT2D eigenvalue weighted by atomic mass is 9.86. The number of benzene rings is 2. The Labute approximate surface area is 219 Å². The number of carbonyl (C=O) groups excluding carboxylic acids is 1. The van der Waals surface area contributed by atoms with E-state index in [4.69, 9.17) is 9.72 Å². The second kappa shape index (κ2) is 9.71. The van der Waals surface area contributed by atoms with E-state index in [9.17, 15) is 9.90 Å². The topological polar surface area (TPSA) is 75.2 Å².